The summed E-state index contributed by atoms with van der Waals surface area (Å²) < 4.78 is 33.7. The zero-order valence-electron chi connectivity index (χ0n) is 22.0. The number of benzene rings is 4. The molecule has 39 heavy (non-hydrogen) atoms. The van der Waals surface area contributed by atoms with Crippen LogP contribution in [0.3, 0.4) is 0 Å². The molecule has 1 amide bonds. The fourth-order valence-corrected chi connectivity index (χ4v) is 5.24. The van der Waals surface area contributed by atoms with Crippen molar-refractivity contribution in [1.82, 2.24) is 0 Å². The molecule has 1 atom stereocenters. The van der Waals surface area contributed by atoms with E-state index >= 15 is 0 Å². The molecule has 0 spiro atoms. The van der Waals surface area contributed by atoms with Crippen LogP contribution in [0.25, 0.3) is 16.5 Å². The van der Waals surface area contributed by atoms with Gasteiger partial charge in [-0.05, 0) is 64.6 Å². The number of aliphatic hydroxyl groups excluding tert-OH is 1. The molecule has 4 aromatic rings. The molecule has 5 rings (SSSR count). The number of amides is 1. The largest absolute Gasteiger partial charge is 0.507 e. The van der Waals surface area contributed by atoms with Crippen LogP contribution in [0.15, 0.2) is 78.4 Å². The minimum absolute atomic E-state index is 0.00214. The normalized spacial score (nSPS) is 16.9. The van der Waals surface area contributed by atoms with Crippen LogP contribution in [0.4, 0.5) is 14.5 Å². The van der Waals surface area contributed by atoms with Gasteiger partial charge < -0.3 is 9.84 Å². The third-order valence-electron chi connectivity index (χ3n) is 7.20. The number of Topliss-reactive ketones (excluding diaryl/α,β-unsaturated/α-hetero) is 1. The van der Waals surface area contributed by atoms with Gasteiger partial charge in [-0.25, -0.2) is 8.78 Å². The number of nitrogens with zero attached hydrogens (tertiary/aromatic N) is 1. The Kier molecular flexibility index (Phi) is 6.68. The molecule has 0 bridgehead atoms. The van der Waals surface area contributed by atoms with Crippen LogP contribution >= 0.6 is 0 Å². The minimum atomic E-state index is -1.15. The van der Waals surface area contributed by atoms with E-state index in [2.05, 4.69) is 0 Å². The van der Waals surface area contributed by atoms with Gasteiger partial charge in [0.15, 0.2) is 11.6 Å². The Morgan fingerprint density at radius 3 is 2.36 bits per heavy atom. The third-order valence-corrected chi connectivity index (χ3v) is 7.20. The SMILES string of the molecule is COc1cc(C)c(/C(O)=C2\C(=O)C(=O)N(c3ccc(F)c(F)c3)C2c2cccc3ccccc23)cc1C(C)C. The second kappa shape index (κ2) is 9.98. The first-order valence-electron chi connectivity index (χ1n) is 12.6. The third kappa shape index (κ3) is 4.34. The maximum Gasteiger partial charge on any atom is 0.300 e. The van der Waals surface area contributed by atoms with Gasteiger partial charge in [0.2, 0.25) is 0 Å². The maximum atomic E-state index is 14.3. The molecule has 0 aliphatic carbocycles. The molecule has 1 N–H and O–H groups in total. The van der Waals surface area contributed by atoms with Gasteiger partial charge in [0, 0.05) is 17.3 Å². The van der Waals surface area contributed by atoms with Crippen molar-refractivity contribution in [1.29, 1.82) is 0 Å². The highest BCUT2D eigenvalue weighted by molar-refractivity contribution is 6.52. The molecule has 1 aliphatic rings. The van der Waals surface area contributed by atoms with Crippen LogP contribution in [0, 0.1) is 18.6 Å². The average Bonchev–Trinajstić information content (AvgIpc) is 3.19. The lowest BCUT2D eigenvalue weighted by Gasteiger charge is -2.27. The highest BCUT2D eigenvalue weighted by Crippen LogP contribution is 2.45. The lowest BCUT2D eigenvalue weighted by molar-refractivity contribution is -0.132. The van der Waals surface area contributed by atoms with Gasteiger partial charge in [-0.2, -0.15) is 0 Å². The van der Waals surface area contributed by atoms with Gasteiger partial charge in [0.05, 0.1) is 18.7 Å². The molecule has 1 heterocycles. The number of rotatable bonds is 5. The summed E-state index contributed by atoms with van der Waals surface area (Å²) in [4.78, 5) is 28.3. The molecule has 1 saturated heterocycles. The zero-order chi connectivity index (χ0) is 28.0. The summed E-state index contributed by atoms with van der Waals surface area (Å²) >= 11 is 0. The summed E-state index contributed by atoms with van der Waals surface area (Å²) in [5.41, 5.74) is 2.28. The monoisotopic (exact) mass is 527 g/mol. The van der Waals surface area contributed by atoms with Gasteiger partial charge in [0.25, 0.3) is 11.7 Å². The Balaban J connectivity index is 1.83. The Morgan fingerprint density at radius 2 is 1.67 bits per heavy atom. The van der Waals surface area contributed by atoms with Gasteiger partial charge in [-0.1, -0.05) is 56.3 Å². The fourth-order valence-electron chi connectivity index (χ4n) is 5.24. The Hall–Kier alpha value is -4.52. The lowest BCUT2D eigenvalue weighted by Crippen LogP contribution is -2.29. The van der Waals surface area contributed by atoms with Crippen molar-refractivity contribution in [2.75, 3.05) is 12.0 Å². The van der Waals surface area contributed by atoms with Crippen LogP contribution in [0.2, 0.25) is 0 Å². The molecule has 0 saturated carbocycles. The first kappa shape index (κ1) is 26.1. The topological polar surface area (TPSA) is 66.8 Å². The first-order valence-corrected chi connectivity index (χ1v) is 12.6. The maximum absolute atomic E-state index is 14.3. The van der Waals surface area contributed by atoms with Gasteiger partial charge in [0.1, 0.15) is 11.5 Å². The number of ether oxygens (including phenoxy) is 1. The summed E-state index contributed by atoms with van der Waals surface area (Å²) in [6, 6.07) is 18.4. The van der Waals surface area contributed by atoms with Crippen LogP contribution in [-0.4, -0.2) is 23.9 Å². The molecule has 7 heteroatoms. The number of halogens is 2. The minimum Gasteiger partial charge on any atom is -0.507 e. The quantitative estimate of drug-likeness (QED) is 0.170. The second-order valence-electron chi connectivity index (χ2n) is 9.90. The van der Waals surface area contributed by atoms with E-state index in [9.17, 15) is 23.5 Å². The number of aryl methyl sites for hydroxylation is 1. The fraction of sp³-hybridized carbons (Fsp3) is 0.188. The van der Waals surface area contributed by atoms with Crippen LogP contribution in [0.1, 0.15) is 48.1 Å². The van der Waals surface area contributed by atoms with Crippen molar-refractivity contribution in [3.8, 4) is 5.75 Å². The van der Waals surface area contributed by atoms with Gasteiger partial charge in [-0.3, -0.25) is 14.5 Å². The summed E-state index contributed by atoms with van der Waals surface area (Å²) in [5.74, 6) is -3.76. The van der Waals surface area contributed by atoms with E-state index in [1.807, 2.05) is 44.2 Å². The molecule has 1 unspecified atom stereocenters. The predicted octanol–water partition coefficient (Wildman–Crippen LogP) is 7.18. The number of ketones is 1. The number of methoxy groups -OCH3 is 1. The van der Waals surface area contributed by atoms with E-state index in [0.717, 1.165) is 33.4 Å². The highest BCUT2D eigenvalue weighted by atomic mass is 19.2. The number of carbonyl (C=O) groups excluding carboxylic acids is 2. The molecule has 5 nitrogen and oxygen atoms in total. The first-order chi connectivity index (χ1) is 18.6. The molecule has 1 fully saturated rings. The van der Waals surface area contributed by atoms with Crippen LogP contribution in [-0.2, 0) is 9.59 Å². The smallest absolute Gasteiger partial charge is 0.300 e. The van der Waals surface area contributed by atoms with Crippen molar-refractivity contribution in [3.63, 3.8) is 0 Å². The van der Waals surface area contributed by atoms with Crippen molar-refractivity contribution < 1.29 is 28.2 Å². The van der Waals surface area contributed by atoms with Crippen molar-refractivity contribution in [3.05, 3.63) is 112 Å². The van der Waals surface area contributed by atoms with Crippen molar-refractivity contribution >= 4 is 33.9 Å². The number of aliphatic hydroxyl groups is 1. The zero-order valence-corrected chi connectivity index (χ0v) is 22.0. The van der Waals surface area contributed by atoms with Crippen molar-refractivity contribution in [2.24, 2.45) is 0 Å². The van der Waals surface area contributed by atoms with E-state index < -0.39 is 29.4 Å². The number of fused-ring (bicyclic) bond motifs is 1. The summed E-state index contributed by atoms with van der Waals surface area (Å²) in [7, 11) is 1.56. The molecular formula is C32H27F2NO4. The van der Waals surface area contributed by atoms with E-state index in [1.54, 1.807) is 38.3 Å². The number of hydrogen-bond donors (Lipinski definition) is 1. The number of anilines is 1. The van der Waals surface area contributed by atoms with E-state index in [4.69, 9.17) is 4.74 Å². The molecule has 4 aromatic carbocycles. The van der Waals surface area contributed by atoms with Crippen LogP contribution < -0.4 is 9.64 Å². The predicted molar refractivity (Wildman–Crippen MR) is 147 cm³/mol. The second-order valence-corrected chi connectivity index (χ2v) is 9.90. The van der Waals surface area contributed by atoms with E-state index in [1.165, 1.54) is 6.07 Å². The summed E-state index contributed by atoms with van der Waals surface area (Å²) in [6.07, 6.45) is 0. The average molecular weight is 528 g/mol. The Labute approximate surface area is 225 Å². The standard InChI is InChI=1S/C32H27F2NO4/c1-17(2)23-16-24(18(3)14-27(23)39-4)30(36)28-29(22-11-7-9-19-8-5-6-10-21(19)22)35(32(38)31(28)37)20-12-13-25(33)26(34)15-20/h5-17,29,36H,1-4H3/b30-28+. The Bertz CT molecular complexity index is 1670. The summed E-state index contributed by atoms with van der Waals surface area (Å²) in [5, 5.41) is 13.3. The lowest BCUT2D eigenvalue weighted by atomic mass is 9.89. The van der Waals surface area contributed by atoms with Crippen molar-refractivity contribution in [2.45, 2.75) is 32.7 Å². The molecular weight excluding hydrogens is 500 g/mol. The number of hydrogen-bond acceptors (Lipinski definition) is 4. The molecule has 198 valence electrons. The van der Waals surface area contributed by atoms with Crippen LogP contribution in [0.5, 0.6) is 5.75 Å². The summed E-state index contributed by atoms with van der Waals surface area (Å²) in [6.45, 7) is 5.74. The van der Waals surface area contributed by atoms with E-state index in [-0.39, 0.29) is 22.9 Å². The highest BCUT2D eigenvalue weighted by Gasteiger charge is 2.47. The van der Waals surface area contributed by atoms with Gasteiger partial charge in [-0.15, -0.1) is 0 Å². The van der Waals surface area contributed by atoms with Gasteiger partial charge >= 0.3 is 0 Å². The molecule has 0 aromatic heterocycles. The Morgan fingerprint density at radius 1 is 0.949 bits per heavy atom. The number of carbonyl (C=O) groups is 2. The molecule has 1 aliphatic heterocycles. The van der Waals surface area contributed by atoms with E-state index in [0.29, 0.717) is 22.4 Å². The molecule has 0 radical (unpaired) electrons.